The molecule has 0 unspecified atom stereocenters. The van der Waals surface area contributed by atoms with Crippen LogP contribution in [-0.2, 0) is 10.0 Å². The number of hydrogen-bond acceptors (Lipinski definition) is 5. The monoisotopic (exact) mass is 418 g/mol. The van der Waals surface area contributed by atoms with Gasteiger partial charge in [-0.15, -0.1) is 0 Å². The third kappa shape index (κ3) is 4.71. The summed E-state index contributed by atoms with van der Waals surface area (Å²) >= 11 is 0. The number of ether oxygens (including phenoxy) is 1. The molecule has 0 aromatic heterocycles. The summed E-state index contributed by atoms with van der Waals surface area (Å²) < 4.78 is 32.4. The van der Waals surface area contributed by atoms with Crippen LogP contribution >= 0.6 is 0 Å². The van der Waals surface area contributed by atoms with Gasteiger partial charge in [0, 0.05) is 30.4 Å². The molecule has 1 amide bonds. The first-order valence-corrected chi connectivity index (χ1v) is 10.9. The molecule has 29 heavy (non-hydrogen) atoms. The number of sulfonamides is 1. The minimum absolute atomic E-state index is 0.0864. The topological polar surface area (TPSA) is 95.9 Å². The van der Waals surface area contributed by atoms with Crippen LogP contribution in [0.2, 0.25) is 0 Å². The number of hydrogen-bond donors (Lipinski definition) is 2. The van der Waals surface area contributed by atoms with E-state index < -0.39 is 15.9 Å². The van der Waals surface area contributed by atoms with E-state index in [1.54, 1.807) is 12.1 Å². The number of anilines is 1. The second-order valence-corrected chi connectivity index (χ2v) is 9.57. The van der Waals surface area contributed by atoms with Gasteiger partial charge in [-0.3, -0.25) is 4.79 Å². The molecule has 7 nitrogen and oxygen atoms in total. The first-order valence-electron chi connectivity index (χ1n) is 9.49. The van der Waals surface area contributed by atoms with E-state index in [0.717, 1.165) is 6.42 Å². The summed E-state index contributed by atoms with van der Waals surface area (Å²) in [6.45, 7) is 5.14. The van der Waals surface area contributed by atoms with Crippen molar-refractivity contribution in [3.8, 4) is 11.5 Å². The molecular formula is C21H26N2O5S. The van der Waals surface area contributed by atoms with Gasteiger partial charge in [-0.25, -0.2) is 8.42 Å². The molecule has 0 spiro atoms. The number of piperidine rings is 1. The zero-order chi connectivity index (χ0) is 21.2. The Morgan fingerprint density at radius 3 is 2.28 bits per heavy atom. The number of amides is 1. The number of nitrogens with zero attached hydrogens (tertiary/aromatic N) is 1. The molecule has 1 heterocycles. The second kappa shape index (κ2) is 8.42. The molecule has 0 saturated carbocycles. The van der Waals surface area contributed by atoms with Crippen molar-refractivity contribution in [3.05, 3.63) is 48.0 Å². The predicted molar refractivity (Wildman–Crippen MR) is 111 cm³/mol. The summed E-state index contributed by atoms with van der Waals surface area (Å²) in [7, 11) is -2.15. The number of carbonyl (C=O) groups excluding carboxylic acids is 1. The van der Waals surface area contributed by atoms with Crippen molar-refractivity contribution in [2.75, 3.05) is 25.5 Å². The van der Waals surface area contributed by atoms with Crippen LogP contribution in [0.4, 0.5) is 5.69 Å². The number of carbonyl (C=O) groups is 1. The lowest BCUT2D eigenvalue weighted by atomic mass is 9.94. The van der Waals surface area contributed by atoms with Gasteiger partial charge in [0.05, 0.1) is 12.0 Å². The summed E-state index contributed by atoms with van der Waals surface area (Å²) in [4.78, 5) is 12.6. The second-order valence-electron chi connectivity index (χ2n) is 7.63. The maximum Gasteiger partial charge on any atom is 0.255 e. The van der Waals surface area contributed by atoms with Crippen LogP contribution in [0, 0.1) is 11.8 Å². The smallest absolute Gasteiger partial charge is 0.255 e. The first-order chi connectivity index (χ1) is 13.7. The van der Waals surface area contributed by atoms with Gasteiger partial charge in [-0.2, -0.15) is 4.31 Å². The SMILES string of the molecule is COc1ccc(NC(=O)c2ccc(S(=O)(=O)N3C[C@@H](C)C[C@H](C)C3)cc2)cc1O. The molecule has 2 atom stereocenters. The average Bonchev–Trinajstić information content (AvgIpc) is 2.67. The molecule has 156 valence electrons. The molecule has 2 aromatic carbocycles. The van der Waals surface area contributed by atoms with E-state index >= 15 is 0 Å². The number of phenols is 1. The van der Waals surface area contributed by atoms with Gasteiger partial charge >= 0.3 is 0 Å². The van der Waals surface area contributed by atoms with Gasteiger partial charge in [-0.1, -0.05) is 13.8 Å². The summed E-state index contributed by atoms with van der Waals surface area (Å²) in [6, 6.07) is 10.4. The van der Waals surface area contributed by atoms with Crippen molar-refractivity contribution >= 4 is 21.6 Å². The van der Waals surface area contributed by atoms with Crippen molar-refractivity contribution < 1.29 is 23.1 Å². The van der Waals surface area contributed by atoms with Gasteiger partial charge in [0.15, 0.2) is 11.5 Å². The Morgan fingerprint density at radius 2 is 1.72 bits per heavy atom. The summed E-state index contributed by atoms with van der Waals surface area (Å²) in [5.74, 6) is 0.452. The molecule has 1 saturated heterocycles. The maximum atomic E-state index is 12.9. The number of phenolic OH excluding ortho intramolecular Hbond substituents is 1. The van der Waals surface area contributed by atoms with Crippen LogP contribution in [-0.4, -0.2) is 43.9 Å². The van der Waals surface area contributed by atoms with Gasteiger partial charge in [0.25, 0.3) is 5.91 Å². The summed E-state index contributed by atoms with van der Waals surface area (Å²) in [6.07, 6.45) is 1.02. The van der Waals surface area contributed by atoms with Gasteiger partial charge in [-0.05, 0) is 54.7 Å². The molecule has 8 heteroatoms. The van der Waals surface area contributed by atoms with Gasteiger partial charge in [0.2, 0.25) is 10.0 Å². The van der Waals surface area contributed by atoms with E-state index in [2.05, 4.69) is 19.2 Å². The Morgan fingerprint density at radius 1 is 1.10 bits per heavy atom. The van der Waals surface area contributed by atoms with Gasteiger partial charge < -0.3 is 15.2 Å². The summed E-state index contributed by atoms with van der Waals surface area (Å²) in [5, 5.41) is 12.5. The van der Waals surface area contributed by atoms with Crippen molar-refractivity contribution in [2.24, 2.45) is 11.8 Å². The van der Waals surface area contributed by atoms with Crippen LogP contribution in [0.1, 0.15) is 30.6 Å². The molecule has 1 fully saturated rings. The number of aromatic hydroxyl groups is 1. The quantitative estimate of drug-likeness (QED) is 0.777. The van der Waals surface area contributed by atoms with Crippen LogP contribution in [0.25, 0.3) is 0 Å². The Hall–Kier alpha value is -2.58. The number of nitrogens with one attached hydrogen (secondary N) is 1. The molecule has 0 aliphatic carbocycles. The first kappa shape index (κ1) is 21.1. The predicted octanol–water partition coefficient (Wildman–Crippen LogP) is 3.32. The minimum Gasteiger partial charge on any atom is -0.504 e. The van der Waals surface area contributed by atoms with Gasteiger partial charge in [0.1, 0.15) is 0 Å². The Labute approximate surface area is 171 Å². The number of rotatable bonds is 5. The number of methoxy groups -OCH3 is 1. The highest BCUT2D eigenvalue weighted by Crippen LogP contribution is 2.29. The Balaban J connectivity index is 1.74. The third-order valence-electron chi connectivity index (χ3n) is 5.03. The lowest BCUT2D eigenvalue weighted by Gasteiger charge is -2.34. The highest BCUT2D eigenvalue weighted by atomic mass is 32.2. The highest BCUT2D eigenvalue weighted by molar-refractivity contribution is 7.89. The molecule has 2 N–H and O–H groups in total. The Kier molecular flexibility index (Phi) is 6.14. The van der Waals surface area contributed by atoms with E-state index in [9.17, 15) is 18.3 Å². The molecular weight excluding hydrogens is 392 g/mol. The minimum atomic E-state index is -3.59. The van der Waals surface area contributed by atoms with Crippen LogP contribution in [0.15, 0.2) is 47.4 Å². The maximum absolute atomic E-state index is 12.9. The largest absolute Gasteiger partial charge is 0.504 e. The van der Waals surface area contributed by atoms with E-state index in [-0.39, 0.29) is 10.6 Å². The average molecular weight is 419 g/mol. The Bertz CT molecular complexity index is 979. The van der Waals surface area contributed by atoms with Crippen molar-refractivity contribution in [1.29, 1.82) is 0 Å². The van der Waals surface area contributed by atoms with E-state index in [1.165, 1.54) is 41.7 Å². The molecule has 3 rings (SSSR count). The zero-order valence-corrected chi connectivity index (χ0v) is 17.6. The number of benzene rings is 2. The fourth-order valence-electron chi connectivity index (χ4n) is 3.70. The van der Waals surface area contributed by atoms with E-state index in [1.807, 2.05) is 0 Å². The fraction of sp³-hybridized carbons (Fsp3) is 0.381. The van der Waals surface area contributed by atoms with E-state index in [0.29, 0.717) is 41.9 Å². The normalized spacial score (nSPS) is 20.2. The fourth-order valence-corrected chi connectivity index (χ4v) is 5.38. The highest BCUT2D eigenvalue weighted by Gasteiger charge is 2.31. The lowest BCUT2D eigenvalue weighted by Crippen LogP contribution is -2.42. The standard InChI is InChI=1S/C21H26N2O5S/c1-14-10-15(2)13-23(12-14)29(26,27)18-7-4-16(5-8-18)21(25)22-17-6-9-20(28-3)19(24)11-17/h4-9,11,14-15,24H,10,12-13H2,1-3H3,(H,22,25)/t14-,15-/m0/s1. The molecule has 1 aliphatic heterocycles. The van der Waals surface area contributed by atoms with E-state index in [4.69, 9.17) is 4.74 Å². The van der Waals surface area contributed by atoms with Crippen molar-refractivity contribution in [1.82, 2.24) is 4.31 Å². The van der Waals surface area contributed by atoms with Crippen LogP contribution < -0.4 is 10.1 Å². The molecule has 1 aliphatic rings. The molecule has 2 aromatic rings. The summed E-state index contributed by atoms with van der Waals surface area (Å²) in [5.41, 5.74) is 0.723. The zero-order valence-electron chi connectivity index (χ0n) is 16.8. The molecule has 0 bridgehead atoms. The van der Waals surface area contributed by atoms with Crippen molar-refractivity contribution in [2.45, 2.75) is 25.2 Å². The van der Waals surface area contributed by atoms with Crippen LogP contribution in [0.5, 0.6) is 11.5 Å². The van der Waals surface area contributed by atoms with Crippen molar-refractivity contribution in [3.63, 3.8) is 0 Å². The lowest BCUT2D eigenvalue weighted by molar-refractivity contribution is 0.102. The van der Waals surface area contributed by atoms with Crippen LogP contribution in [0.3, 0.4) is 0 Å². The molecule has 0 radical (unpaired) electrons. The third-order valence-corrected chi connectivity index (χ3v) is 6.87.